The van der Waals surface area contributed by atoms with Crippen molar-refractivity contribution in [2.75, 3.05) is 0 Å². The molecular formula is C28H43FN2O3. The predicted molar refractivity (Wildman–Crippen MR) is 138 cm³/mol. The molecule has 1 aromatic carbocycles. The van der Waals surface area contributed by atoms with Crippen molar-refractivity contribution in [3.05, 3.63) is 59.2 Å². The molecule has 2 N–H and O–H groups in total. The van der Waals surface area contributed by atoms with Gasteiger partial charge in [-0.1, -0.05) is 39.8 Å². The Hall–Kier alpha value is -2.15. The highest BCUT2D eigenvalue weighted by atomic mass is 19.1. The van der Waals surface area contributed by atoms with Crippen LogP contribution in [0.5, 0.6) is 0 Å². The van der Waals surface area contributed by atoms with Gasteiger partial charge >= 0.3 is 0 Å². The SMILES string of the molecule is CC.CC/C=C(F)\C=C/C(C)c1nc2ccc(CO)cc2nc1CCCCC(O)OC(C)(C)C. The van der Waals surface area contributed by atoms with E-state index in [-0.39, 0.29) is 24.0 Å². The first-order valence-electron chi connectivity index (χ1n) is 12.4. The molecule has 0 aliphatic rings. The van der Waals surface area contributed by atoms with Gasteiger partial charge in [-0.3, -0.25) is 0 Å². The van der Waals surface area contributed by atoms with Crippen LogP contribution in [0.25, 0.3) is 11.0 Å². The van der Waals surface area contributed by atoms with E-state index in [1.807, 2.05) is 72.7 Å². The van der Waals surface area contributed by atoms with Crippen LogP contribution in [0.4, 0.5) is 4.39 Å². The number of fused-ring (bicyclic) bond motifs is 1. The van der Waals surface area contributed by atoms with E-state index in [1.165, 1.54) is 12.2 Å². The molecule has 0 saturated carbocycles. The molecule has 34 heavy (non-hydrogen) atoms. The summed E-state index contributed by atoms with van der Waals surface area (Å²) in [6, 6.07) is 5.54. The summed E-state index contributed by atoms with van der Waals surface area (Å²) in [6.07, 6.45) is 7.52. The number of halogens is 1. The minimum absolute atomic E-state index is 0.0530. The Balaban J connectivity index is 0.00000281. The second kappa shape index (κ2) is 15.0. The van der Waals surface area contributed by atoms with E-state index in [1.54, 1.807) is 0 Å². The number of benzene rings is 1. The molecule has 5 nitrogen and oxygen atoms in total. The van der Waals surface area contributed by atoms with Gasteiger partial charge in [-0.05, 0) is 82.7 Å². The number of aliphatic hydroxyl groups is 2. The fraction of sp³-hybridized carbons (Fsp3) is 0.571. The summed E-state index contributed by atoms with van der Waals surface area (Å²) in [6.45, 7) is 13.6. The van der Waals surface area contributed by atoms with Gasteiger partial charge in [-0.25, -0.2) is 14.4 Å². The standard InChI is InChI=1S/C26H37FN2O3.C2H6/c1-6-9-20(27)14-12-18(2)25-22(10-7-8-11-24(31)32-26(3,4)5)28-23-16-19(17-30)13-15-21(23)29-25;1-2/h9,12-16,18,24,30-31H,6-8,10-11,17H2,1-5H3;1-2H3/b14-12-,20-9+;. The summed E-state index contributed by atoms with van der Waals surface area (Å²) >= 11 is 0. The fourth-order valence-electron chi connectivity index (χ4n) is 3.47. The first kappa shape index (κ1) is 29.9. The number of aliphatic hydroxyl groups excluding tert-OH is 2. The quantitative estimate of drug-likeness (QED) is 0.210. The van der Waals surface area contributed by atoms with Crippen LogP contribution in [0.15, 0.2) is 42.3 Å². The molecule has 0 saturated heterocycles. The summed E-state index contributed by atoms with van der Waals surface area (Å²) in [5.74, 6) is -0.361. The van der Waals surface area contributed by atoms with Crippen LogP contribution < -0.4 is 0 Å². The molecule has 0 fully saturated rings. The van der Waals surface area contributed by atoms with E-state index in [9.17, 15) is 14.6 Å². The Bertz CT molecular complexity index is 935. The molecule has 2 aromatic rings. The van der Waals surface area contributed by atoms with Crippen LogP contribution in [-0.2, 0) is 17.8 Å². The zero-order chi connectivity index (χ0) is 25.7. The second-order valence-corrected chi connectivity index (χ2v) is 9.11. The fourth-order valence-corrected chi connectivity index (χ4v) is 3.47. The van der Waals surface area contributed by atoms with Crippen LogP contribution in [0, 0.1) is 0 Å². The van der Waals surface area contributed by atoms with E-state index in [2.05, 4.69) is 0 Å². The lowest BCUT2D eigenvalue weighted by atomic mass is 10.00. The van der Waals surface area contributed by atoms with Crippen molar-refractivity contribution in [2.24, 2.45) is 0 Å². The number of hydrogen-bond acceptors (Lipinski definition) is 5. The Labute approximate surface area is 204 Å². The molecule has 0 aliphatic carbocycles. The Morgan fingerprint density at radius 2 is 1.85 bits per heavy atom. The van der Waals surface area contributed by atoms with Crippen molar-refractivity contribution in [1.82, 2.24) is 9.97 Å². The smallest absolute Gasteiger partial charge is 0.155 e. The normalized spacial score (nSPS) is 14.2. The molecule has 0 bridgehead atoms. The van der Waals surface area contributed by atoms with E-state index < -0.39 is 6.29 Å². The van der Waals surface area contributed by atoms with E-state index >= 15 is 0 Å². The van der Waals surface area contributed by atoms with E-state index in [4.69, 9.17) is 14.7 Å². The lowest BCUT2D eigenvalue weighted by Crippen LogP contribution is -2.27. The second-order valence-electron chi connectivity index (χ2n) is 9.11. The van der Waals surface area contributed by atoms with Gasteiger partial charge in [0.15, 0.2) is 6.29 Å². The Kier molecular flexibility index (Phi) is 13.2. The Morgan fingerprint density at radius 1 is 1.15 bits per heavy atom. The zero-order valence-corrected chi connectivity index (χ0v) is 21.9. The van der Waals surface area contributed by atoms with Crippen LogP contribution >= 0.6 is 0 Å². The largest absolute Gasteiger partial charge is 0.392 e. The van der Waals surface area contributed by atoms with Crippen molar-refractivity contribution in [2.45, 2.75) is 105 Å². The van der Waals surface area contributed by atoms with Crippen molar-refractivity contribution < 1.29 is 19.3 Å². The van der Waals surface area contributed by atoms with Crippen LogP contribution in [0.3, 0.4) is 0 Å². The molecule has 190 valence electrons. The zero-order valence-electron chi connectivity index (χ0n) is 21.9. The highest BCUT2D eigenvalue weighted by Crippen LogP contribution is 2.25. The number of unbranched alkanes of at least 4 members (excludes halogenated alkanes) is 1. The number of rotatable bonds is 11. The highest BCUT2D eigenvalue weighted by molar-refractivity contribution is 5.75. The molecule has 2 atom stereocenters. The third kappa shape index (κ3) is 10.4. The van der Waals surface area contributed by atoms with E-state index in [0.717, 1.165) is 40.8 Å². The molecule has 0 aliphatic heterocycles. The van der Waals surface area contributed by atoms with Crippen LogP contribution in [0.1, 0.15) is 97.0 Å². The number of nitrogens with zero attached hydrogens (tertiary/aromatic N) is 2. The molecule has 0 radical (unpaired) electrons. The summed E-state index contributed by atoms with van der Waals surface area (Å²) in [7, 11) is 0. The van der Waals surface area contributed by atoms with Gasteiger partial charge in [0.2, 0.25) is 0 Å². The van der Waals surface area contributed by atoms with Crippen LogP contribution in [-0.4, -0.2) is 32.1 Å². The van der Waals surface area contributed by atoms with Gasteiger partial charge < -0.3 is 14.9 Å². The third-order valence-electron chi connectivity index (χ3n) is 4.99. The predicted octanol–water partition coefficient (Wildman–Crippen LogP) is 6.92. The Morgan fingerprint density at radius 3 is 2.47 bits per heavy atom. The number of aryl methyl sites for hydroxylation is 1. The molecule has 0 spiro atoms. The molecule has 1 heterocycles. The maximum Gasteiger partial charge on any atom is 0.155 e. The summed E-state index contributed by atoms with van der Waals surface area (Å²) < 4.78 is 19.4. The van der Waals surface area contributed by atoms with Gasteiger partial charge in [-0.2, -0.15) is 0 Å². The lowest BCUT2D eigenvalue weighted by molar-refractivity contribution is -0.168. The van der Waals surface area contributed by atoms with E-state index in [0.29, 0.717) is 19.3 Å². The summed E-state index contributed by atoms with van der Waals surface area (Å²) in [5.41, 5.74) is 3.56. The van der Waals surface area contributed by atoms with Gasteiger partial charge in [-0.15, -0.1) is 0 Å². The van der Waals surface area contributed by atoms with Crippen LogP contribution in [0.2, 0.25) is 0 Å². The monoisotopic (exact) mass is 474 g/mol. The number of aromatic nitrogens is 2. The minimum Gasteiger partial charge on any atom is -0.392 e. The molecule has 1 aromatic heterocycles. The lowest BCUT2D eigenvalue weighted by Gasteiger charge is -2.23. The summed E-state index contributed by atoms with van der Waals surface area (Å²) in [5, 5.41) is 19.5. The maximum absolute atomic E-state index is 13.8. The topological polar surface area (TPSA) is 75.5 Å². The number of ether oxygens (including phenoxy) is 1. The van der Waals surface area contributed by atoms with Gasteiger partial charge in [0.25, 0.3) is 0 Å². The van der Waals surface area contributed by atoms with Crippen molar-refractivity contribution in [3.8, 4) is 0 Å². The minimum atomic E-state index is -0.792. The first-order valence-corrected chi connectivity index (χ1v) is 12.4. The molecule has 2 unspecified atom stereocenters. The first-order chi connectivity index (χ1) is 16.1. The van der Waals surface area contributed by atoms with Gasteiger partial charge in [0, 0.05) is 5.92 Å². The average Bonchev–Trinajstić information content (AvgIpc) is 2.79. The number of hydrogen-bond donors (Lipinski definition) is 2. The molecule has 2 rings (SSSR count). The van der Waals surface area contributed by atoms with Gasteiger partial charge in [0.1, 0.15) is 5.83 Å². The molecule has 0 amide bonds. The van der Waals surface area contributed by atoms with Gasteiger partial charge in [0.05, 0.1) is 34.6 Å². The van der Waals surface area contributed by atoms with Crippen molar-refractivity contribution in [1.29, 1.82) is 0 Å². The molecular weight excluding hydrogens is 431 g/mol. The average molecular weight is 475 g/mol. The highest BCUT2D eigenvalue weighted by Gasteiger charge is 2.17. The molecule has 6 heteroatoms. The summed E-state index contributed by atoms with van der Waals surface area (Å²) in [4.78, 5) is 9.66. The number of allylic oxidation sites excluding steroid dienone is 4. The third-order valence-corrected chi connectivity index (χ3v) is 4.99. The van der Waals surface area contributed by atoms with Crippen molar-refractivity contribution >= 4 is 11.0 Å². The maximum atomic E-state index is 13.8. The van der Waals surface area contributed by atoms with Crippen molar-refractivity contribution in [3.63, 3.8) is 0 Å².